The van der Waals surface area contributed by atoms with Gasteiger partial charge in [0.25, 0.3) is 5.91 Å². The second-order valence-electron chi connectivity index (χ2n) is 7.04. The molecule has 2 aromatic carbocycles. The van der Waals surface area contributed by atoms with Crippen LogP contribution in [0.5, 0.6) is 0 Å². The standard InChI is InChI=1S/C21H22Cl3N3O2/c22-16-10-18(24)19(11-17(16)23)27-20(28)12-25-15-8-4-5-13(9-15)21(29)26-14-6-2-1-3-7-14/h4-5,8-11,14,25H,1-3,6-7,12H2,(H,26,29)(H,27,28). The Kier molecular flexibility index (Phi) is 7.64. The molecule has 1 aliphatic rings. The fourth-order valence-corrected chi connectivity index (χ4v) is 3.88. The van der Waals surface area contributed by atoms with E-state index in [9.17, 15) is 9.59 Å². The molecule has 2 aromatic rings. The minimum atomic E-state index is -0.303. The highest BCUT2D eigenvalue weighted by atomic mass is 35.5. The first-order valence-electron chi connectivity index (χ1n) is 9.51. The molecular formula is C21H22Cl3N3O2. The quantitative estimate of drug-likeness (QED) is 0.486. The Morgan fingerprint density at radius 2 is 1.66 bits per heavy atom. The molecule has 1 fully saturated rings. The van der Waals surface area contributed by atoms with Crippen LogP contribution in [0.2, 0.25) is 15.1 Å². The number of hydrogen-bond acceptors (Lipinski definition) is 3. The molecule has 0 unspecified atom stereocenters. The molecule has 29 heavy (non-hydrogen) atoms. The Hall–Kier alpha value is -1.95. The lowest BCUT2D eigenvalue weighted by Gasteiger charge is -2.22. The number of benzene rings is 2. The van der Waals surface area contributed by atoms with Crippen LogP contribution in [0.15, 0.2) is 36.4 Å². The lowest BCUT2D eigenvalue weighted by Crippen LogP contribution is -2.36. The summed E-state index contributed by atoms with van der Waals surface area (Å²) in [5.74, 6) is -0.394. The lowest BCUT2D eigenvalue weighted by molar-refractivity contribution is -0.114. The van der Waals surface area contributed by atoms with E-state index in [0.29, 0.717) is 32.0 Å². The number of carbonyl (C=O) groups is 2. The molecule has 0 heterocycles. The minimum absolute atomic E-state index is 0.00424. The summed E-state index contributed by atoms with van der Waals surface area (Å²) in [6.45, 7) is 0.00424. The van der Waals surface area contributed by atoms with Gasteiger partial charge >= 0.3 is 0 Å². The van der Waals surface area contributed by atoms with Crippen LogP contribution in [0.25, 0.3) is 0 Å². The molecule has 0 atom stereocenters. The SMILES string of the molecule is O=C(CNc1cccc(C(=O)NC2CCCCC2)c1)Nc1cc(Cl)c(Cl)cc1Cl. The maximum atomic E-state index is 12.5. The van der Waals surface area contributed by atoms with Gasteiger partial charge in [-0.2, -0.15) is 0 Å². The summed E-state index contributed by atoms with van der Waals surface area (Å²) < 4.78 is 0. The van der Waals surface area contributed by atoms with E-state index in [1.165, 1.54) is 18.6 Å². The van der Waals surface area contributed by atoms with Gasteiger partial charge in [-0.05, 0) is 43.2 Å². The fourth-order valence-electron chi connectivity index (χ4n) is 3.28. The van der Waals surface area contributed by atoms with Crippen molar-refractivity contribution in [3.63, 3.8) is 0 Å². The Morgan fingerprint density at radius 1 is 0.931 bits per heavy atom. The van der Waals surface area contributed by atoms with Gasteiger partial charge in [0.15, 0.2) is 0 Å². The predicted molar refractivity (Wildman–Crippen MR) is 119 cm³/mol. The minimum Gasteiger partial charge on any atom is -0.376 e. The molecule has 5 nitrogen and oxygen atoms in total. The zero-order valence-corrected chi connectivity index (χ0v) is 18.0. The first kappa shape index (κ1) is 21.8. The van der Waals surface area contributed by atoms with Crippen LogP contribution in [0.3, 0.4) is 0 Å². The molecular weight excluding hydrogens is 433 g/mol. The monoisotopic (exact) mass is 453 g/mol. The average Bonchev–Trinajstić information content (AvgIpc) is 2.71. The highest BCUT2D eigenvalue weighted by Crippen LogP contribution is 2.32. The number of halogens is 3. The Bertz CT molecular complexity index is 899. The van der Waals surface area contributed by atoms with Crippen molar-refractivity contribution in [3.05, 3.63) is 57.0 Å². The van der Waals surface area contributed by atoms with Gasteiger partial charge < -0.3 is 16.0 Å². The smallest absolute Gasteiger partial charge is 0.251 e. The van der Waals surface area contributed by atoms with E-state index >= 15 is 0 Å². The Balaban J connectivity index is 1.55. The molecule has 0 saturated heterocycles. The molecule has 154 valence electrons. The van der Waals surface area contributed by atoms with Gasteiger partial charge in [-0.15, -0.1) is 0 Å². The number of nitrogens with one attached hydrogen (secondary N) is 3. The van der Waals surface area contributed by atoms with Crippen molar-refractivity contribution >= 4 is 58.0 Å². The second-order valence-corrected chi connectivity index (χ2v) is 8.26. The van der Waals surface area contributed by atoms with Gasteiger partial charge in [-0.1, -0.05) is 60.1 Å². The van der Waals surface area contributed by atoms with Gasteiger partial charge in [0.2, 0.25) is 5.91 Å². The number of carbonyl (C=O) groups excluding carboxylic acids is 2. The Morgan fingerprint density at radius 3 is 2.41 bits per heavy atom. The largest absolute Gasteiger partial charge is 0.376 e. The van der Waals surface area contributed by atoms with Crippen molar-refractivity contribution in [3.8, 4) is 0 Å². The first-order chi connectivity index (χ1) is 13.9. The van der Waals surface area contributed by atoms with Gasteiger partial charge in [0.1, 0.15) is 0 Å². The number of hydrogen-bond donors (Lipinski definition) is 3. The molecule has 0 aromatic heterocycles. The third-order valence-corrected chi connectivity index (χ3v) is 5.84. The highest BCUT2D eigenvalue weighted by molar-refractivity contribution is 6.44. The number of rotatable bonds is 6. The molecule has 0 aliphatic heterocycles. The summed E-state index contributed by atoms with van der Waals surface area (Å²) in [6, 6.07) is 10.3. The van der Waals surface area contributed by atoms with Crippen LogP contribution in [-0.2, 0) is 4.79 Å². The van der Waals surface area contributed by atoms with Crippen LogP contribution in [0.4, 0.5) is 11.4 Å². The van der Waals surface area contributed by atoms with E-state index in [1.54, 1.807) is 24.3 Å². The first-order valence-corrected chi connectivity index (χ1v) is 10.6. The van der Waals surface area contributed by atoms with E-state index in [1.807, 2.05) is 0 Å². The maximum absolute atomic E-state index is 12.5. The molecule has 1 saturated carbocycles. The van der Waals surface area contributed by atoms with E-state index in [0.717, 1.165) is 25.7 Å². The molecule has 0 spiro atoms. The van der Waals surface area contributed by atoms with E-state index in [-0.39, 0.29) is 24.4 Å². The molecule has 3 rings (SSSR count). The van der Waals surface area contributed by atoms with Crippen LogP contribution < -0.4 is 16.0 Å². The number of anilines is 2. The van der Waals surface area contributed by atoms with E-state index < -0.39 is 0 Å². The highest BCUT2D eigenvalue weighted by Gasteiger charge is 2.17. The van der Waals surface area contributed by atoms with Crippen molar-refractivity contribution < 1.29 is 9.59 Å². The van der Waals surface area contributed by atoms with E-state index in [4.69, 9.17) is 34.8 Å². The van der Waals surface area contributed by atoms with Crippen LogP contribution in [-0.4, -0.2) is 24.4 Å². The van der Waals surface area contributed by atoms with Crippen LogP contribution in [0, 0.1) is 0 Å². The summed E-state index contributed by atoms with van der Waals surface area (Å²) in [4.78, 5) is 24.7. The molecule has 0 radical (unpaired) electrons. The van der Waals surface area contributed by atoms with Crippen molar-refractivity contribution in [1.29, 1.82) is 0 Å². The van der Waals surface area contributed by atoms with Gasteiger partial charge in [0, 0.05) is 17.3 Å². The molecule has 3 N–H and O–H groups in total. The van der Waals surface area contributed by atoms with Gasteiger partial charge in [-0.3, -0.25) is 9.59 Å². The summed E-state index contributed by atoms with van der Waals surface area (Å²) in [6.07, 6.45) is 5.61. The van der Waals surface area contributed by atoms with Crippen molar-refractivity contribution in [2.75, 3.05) is 17.2 Å². The third kappa shape index (κ3) is 6.26. The fraction of sp³-hybridized carbons (Fsp3) is 0.333. The van der Waals surface area contributed by atoms with Crippen molar-refractivity contribution in [1.82, 2.24) is 5.32 Å². The Labute approximate surface area is 185 Å². The number of amides is 2. The molecule has 8 heteroatoms. The molecule has 2 amide bonds. The summed E-state index contributed by atoms with van der Waals surface area (Å²) in [5.41, 5.74) is 1.62. The van der Waals surface area contributed by atoms with Gasteiger partial charge in [-0.25, -0.2) is 0 Å². The average molecular weight is 455 g/mol. The lowest BCUT2D eigenvalue weighted by atomic mass is 9.95. The summed E-state index contributed by atoms with van der Waals surface area (Å²) >= 11 is 17.9. The van der Waals surface area contributed by atoms with Crippen molar-refractivity contribution in [2.45, 2.75) is 38.1 Å². The van der Waals surface area contributed by atoms with Crippen molar-refractivity contribution in [2.24, 2.45) is 0 Å². The zero-order valence-electron chi connectivity index (χ0n) is 15.7. The zero-order chi connectivity index (χ0) is 20.8. The van der Waals surface area contributed by atoms with E-state index in [2.05, 4.69) is 16.0 Å². The maximum Gasteiger partial charge on any atom is 0.251 e. The molecule has 0 bridgehead atoms. The topological polar surface area (TPSA) is 70.2 Å². The predicted octanol–water partition coefficient (Wildman–Crippen LogP) is 5.76. The third-order valence-electron chi connectivity index (χ3n) is 4.80. The normalized spacial score (nSPS) is 14.3. The summed E-state index contributed by atoms with van der Waals surface area (Å²) in [5, 5.41) is 9.71. The molecule has 1 aliphatic carbocycles. The van der Waals surface area contributed by atoms with Crippen LogP contribution in [0.1, 0.15) is 42.5 Å². The summed E-state index contributed by atoms with van der Waals surface area (Å²) in [7, 11) is 0. The second kappa shape index (κ2) is 10.2. The van der Waals surface area contributed by atoms with Crippen LogP contribution >= 0.6 is 34.8 Å². The van der Waals surface area contributed by atoms with Gasteiger partial charge in [0.05, 0.1) is 27.3 Å².